The van der Waals surface area contributed by atoms with Crippen molar-refractivity contribution >= 4 is 0 Å². The van der Waals surface area contributed by atoms with Crippen LogP contribution in [0.3, 0.4) is 0 Å². The van der Waals surface area contributed by atoms with E-state index in [9.17, 15) is 5.11 Å². The molecule has 3 rings (SSSR count). The zero-order valence-corrected chi connectivity index (χ0v) is 10.8. The van der Waals surface area contributed by atoms with Gasteiger partial charge in [-0.2, -0.15) is 0 Å². The van der Waals surface area contributed by atoms with Gasteiger partial charge in [-0.1, -0.05) is 30.3 Å². The highest BCUT2D eigenvalue weighted by Gasteiger charge is 2.34. The number of piperidine rings is 1. The lowest BCUT2D eigenvalue weighted by atomic mass is 9.94. The second kappa shape index (κ2) is 5.39. The van der Waals surface area contributed by atoms with Crippen molar-refractivity contribution in [3.8, 4) is 0 Å². The Balaban J connectivity index is 1.57. The summed E-state index contributed by atoms with van der Waals surface area (Å²) >= 11 is 0. The van der Waals surface area contributed by atoms with Crippen LogP contribution in [0.4, 0.5) is 0 Å². The summed E-state index contributed by atoms with van der Waals surface area (Å²) in [5.41, 5.74) is 1.03. The van der Waals surface area contributed by atoms with Gasteiger partial charge in [0.25, 0.3) is 0 Å². The third kappa shape index (κ3) is 2.58. The van der Waals surface area contributed by atoms with E-state index in [2.05, 4.69) is 10.2 Å². The molecule has 0 radical (unpaired) electrons. The number of aliphatic hydroxyl groups excluding tert-OH is 1. The number of rotatable bonds is 3. The van der Waals surface area contributed by atoms with Crippen LogP contribution in [0, 0.1) is 5.92 Å². The van der Waals surface area contributed by atoms with E-state index >= 15 is 0 Å². The molecule has 1 unspecified atom stereocenters. The maximum Gasteiger partial charge on any atom is 0.0916 e. The number of nitrogens with zero attached hydrogens (tertiary/aromatic N) is 1. The number of fused-ring (bicyclic) bond motifs is 1. The first-order valence-electron chi connectivity index (χ1n) is 7.01. The molecule has 2 aliphatic rings. The van der Waals surface area contributed by atoms with E-state index in [0.717, 1.165) is 37.7 Å². The summed E-state index contributed by atoms with van der Waals surface area (Å²) in [7, 11) is 0. The van der Waals surface area contributed by atoms with Crippen molar-refractivity contribution in [2.45, 2.75) is 25.0 Å². The zero-order valence-electron chi connectivity index (χ0n) is 10.8. The van der Waals surface area contributed by atoms with Gasteiger partial charge in [0.15, 0.2) is 0 Å². The molecule has 18 heavy (non-hydrogen) atoms. The molecular weight excluding hydrogens is 224 g/mol. The number of hydrogen-bond donors (Lipinski definition) is 2. The molecule has 2 saturated heterocycles. The largest absolute Gasteiger partial charge is 0.387 e. The predicted molar refractivity (Wildman–Crippen MR) is 72.4 cm³/mol. The number of likely N-dealkylation sites (tertiary alicyclic amines) is 1. The van der Waals surface area contributed by atoms with Crippen LogP contribution in [-0.2, 0) is 0 Å². The fourth-order valence-corrected chi connectivity index (χ4v) is 3.31. The maximum atomic E-state index is 10.3. The Morgan fingerprint density at radius 2 is 2.11 bits per heavy atom. The van der Waals surface area contributed by atoms with Crippen LogP contribution in [-0.4, -0.2) is 42.2 Å². The number of β-amino-alcohol motifs (C(OH)–C–C–N with tert-alkyl or cyclic N) is 1. The van der Waals surface area contributed by atoms with E-state index in [1.807, 2.05) is 30.3 Å². The highest BCUT2D eigenvalue weighted by molar-refractivity contribution is 5.17. The number of nitrogens with one attached hydrogen (secondary N) is 1. The van der Waals surface area contributed by atoms with Gasteiger partial charge in [0.1, 0.15) is 0 Å². The molecule has 0 amide bonds. The lowest BCUT2D eigenvalue weighted by molar-refractivity contribution is 0.123. The first-order chi connectivity index (χ1) is 8.83. The van der Waals surface area contributed by atoms with Crippen molar-refractivity contribution in [3.63, 3.8) is 0 Å². The third-order valence-corrected chi connectivity index (χ3v) is 4.29. The topological polar surface area (TPSA) is 35.5 Å². The predicted octanol–water partition coefficient (Wildman–Crippen LogP) is 1.40. The van der Waals surface area contributed by atoms with Crippen LogP contribution in [0.5, 0.6) is 0 Å². The van der Waals surface area contributed by atoms with Crippen molar-refractivity contribution < 1.29 is 5.11 Å². The lowest BCUT2D eigenvalue weighted by Crippen LogP contribution is -2.40. The van der Waals surface area contributed by atoms with Crippen molar-refractivity contribution in [1.82, 2.24) is 10.2 Å². The van der Waals surface area contributed by atoms with E-state index in [0.29, 0.717) is 6.04 Å². The smallest absolute Gasteiger partial charge is 0.0916 e. The summed E-state index contributed by atoms with van der Waals surface area (Å²) in [5, 5.41) is 13.9. The summed E-state index contributed by atoms with van der Waals surface area (Å²) in [5.74, 6) is 0.793. The molecule has 2 heterocycles. The SMILES string of the molecule is OC(CN1C[C@@H]2CCCN[C@@H]2C1)c1ccccc1. The lowest BCUT2D eigenvalue weighted by Gasteiger charge is -2.24. The Labute approximate surface area is 109 Å². The minimum Gasteiger partial charge on any atom is -0.387 e. The van der Waals surface area contributed by atoms with Crippen LogP contribution in [0.2, 0.25) is 0 Å². The van der Waals surface area contributed by atoms with E-state index in [1.54, 1.807) is 0 Å². The van der Waals surface area contributed by atoms with Gasteiger partial charge in [-0.3, -0.25) is 4.90 Å². The monoisotopic (exact) mass is 246 g/mol. The average Bonchev–Trinajstić information content (AvgIpc) is 2.82. The van der Waals surface area contributed by atoms with Gasteiger partial charge < -0.3 is 10.4 Å². The molecule has 0 aromatic heterocycles. The molecule has 0 bridgehead atoms. The van der Waals surface area contributed by atoms with Gasteiger partial charge in [0.2, 0.25) is 0 Å². The molecular formula is C15H22N2O. The minimum absolute atomic E-state index is 0.355. The van der Waals surface area contributed by atoms with Crippen LogP contribution < -0.4 is 5.32 Å². The van der Waals surface area contributed by atoms with E-state index in [-0.39, 0.29) is 6.10 Å². The summed E-state index contributed by atoms with van der Waals surface area (Å²) in [6.45, 7) is 4.16. The Bertz CT molecular complexity index is 367. The standard InChI is InChI=1S/C15H22N2O/c18-15(12-5-2-1-3-6-12)11-17-9-13-7-4-8-16-14(13)10-17/h1-3,5-6,13-16,18H,4,7-11H2/t13-,14+,15?/m0/s1. The van der Waals surface area contributed by atoms with Gasteiger partial charge >= 0.3 is 0 Å². The Hall–Kier alpha value is -0.900. The van der Waals surface area contributed by atoms with E-state index < -0.39 is 0 Å². The van der Waals surface area contributed by atoms with Gasteiger partial charge in [-0.15, -0.1) is 0 Å². The van der Waals surface area contributed by atoms with Crippen molar-refractivity contribution in [2.24, 2.45) is 5.92 Å². The van der Waals surface area contributed by atoms with Gasteiger partial charge in [0, 0.05) is 25.7 Å². The number of benzene rings is 1. The maximum absolute atomic E-state index is 10.3. The molecule has 3 nitrogen and oxygen atoms in total. The quantitative estimate of drug-likeness (QED) is 0.846. The number of hydrogen-bond acceptors (Lipinski definition) is 3. The van der Waals surface area contributed by atoms with Crippen LogP contribution in [0.25, 0.3) is 0 Å². The fraction of sp³-hybridized carbons (Fsp3) is 0.600. The van der Waals surface area contributed by atoms with Crippen molar-refractivity contribution in [1.29, 1.82) is 0 Å². The molecule has 0 aliphatic carbocycles. The summed E-state index contributed by atoms with van der Waals surface area (Å²) in [6.07, 6.45) is 2.29. The Kier molecular flexibility index (Phi) is 3.64. The highest BCUT2D eigenvalue weighted by atomic mass is 16.3. The summed E-state index contributed by atoms with van der Waals surface area (Å²) in [4.78, 5) is 2.41. The molecule has 1 aromatic rings. The molecule has 1 aromatic carbocycles. The molecule has 2 N–H and O–H groups in total. The molecule has 2 aliphatic heterocycles. The zero-order chi connectivity index (χ0) is 12.4. The first kappa shape index (κ1) is 12.2. The Morgan fingerprint density at radius 3 is 2.89 bits per heavy atom. The fourth-order valence-electron chi connectivity index (χ4n) is 3.31. The van der Waals surface area contributed by atoms with E-state index in [4.69, 9.17) is 0 Å². The molecule has 2 fully saturated rings. The molecule has 0 spiro atoms. The Morgan fingerprint density at radius 1 is 1.28 bits per heavy atom. The second-order valence-electron chi connectivity index (χ2n) is 5.61. The van der Waals surface area contributed by atoms with Crippen LogP contribution in [0.15, 0.2) is 30.3 Å². The summed E-state index contributed by atoms with van der Waals surface area (Å²) in [6, 6.07) is 10.6. The van der Waals surface area contributed by atoms with Gasteiger partial charge in [-0.05, 0) is 30.9 Å². The second-order valence-corrected chi connectivity index (χ2v) is 5.61. The minimum atomic E-state index is -0.355. The highest BCUT2D eigenvalue weighted by Crippen LogP contribution is 2.26. The van der Waals surface area contributed by atoms with Gasteiger partial charge in [-0.25, -0.2) is 0 Å². The average molecular weight is 246 g/mol. The first-order valence-corrected chi connectivity index (χ1v) is 7.01. The molecule has 3 atom stereocenters. The van der Waals surface area contributed by atoms with Crippen molar-refractivity contribution in [3.05, 3.63) is 35.9 Å². The molecule has 3 heteroatoms. The van der Waals surface area contributed by atoms with Crippen molar-refractivity contribution in [2.75, 3.05) is 26.2 Å². The third-order valence-electron chi connectivity index (χ3n) is 4.29. The van der Waals surface area contributed by atoms with Gasteiger partial charge in [0.05, 0.1) is 6.10 Å². The normalized spacial score (nSPS) is 30.1. The van der Waals surface area contributed by atoms with Crippen LogP contribution in [0.1, 0.15) is 24.5 Å². The number of aliphatic hydroxyl groups is 1. The van der Waals surface area contributed by atoms with Crippen LogP contribution >= 0.6 is 0 Å². The van der Waals surface area contributed by atoms with E-state index in [1.165, 1.54) is 12.8 Å². The molecule has 0 saturated carbocycles. The summed E-state index contributed by atoms with van der Waals surface area (Å²) < 4.78 is 0. The molecule has 98 valence electrons.